The maximum Gasteiger partial charge on any atom is 0.407 e. The van der Waals surface area contributed by atoms with Crippen LogP contribution < -0.4 is 5.32 Å². The highest BCUT2D eigenvalue weighted by atomic mass is 32.2. The predicted octanol–water partition coefficient (Wildman–Crippen LogP) is 3.05. The summed E-state index contributed by atoms with van der Waals surface area (Å²) in [7, 11) is -3.77. The molecule has 0 heterocycles. The zero-order chi connectivity index (χ0) is 22.2. The second-order valence-electron chi connectivity index (χ2n) is 7.85. The fourth-order valence-electron chi connectivity index (χ4n) is 3.10. The van der Waals surface area contributed by atoms with Crippen molar-refractivity contribution >= 4 is 21.9 Å². The predicted molar refractivity (Wildman–Crippen MR) is 114 cm³/mol. The minimum absolute atomic E-state index is 0.0632. The van der Waals surface area contributed by atoms with Crippen molar-refractivity contribution in [3.63, 3.8) is 0 Å². The summed E-state index contributed by atoms with van der Waals surface area (Å²) < 4.78 is 30.5. The lowest BCUT2D eigenvalue weighted by Gasteiger charge is -2.26. The van der Waals surface area contributed by atoms with Crippen LogP contribution in [0, 0.1) is 5.92 Å². The van der Waals surface area contributed by atoms with Crippen LogP contribution >= 0.6 is 0 Å². The summed E-state index contributed by atoms with van der Waals surface area (Å²) in [6, 6.07) is 18.0. The van der Waals surface area contributed by atoms with Crippen LogP contribution in [0.2, 0.25) is 0 Å². The Bertz CT molecular complexity index is 942. The molecule has 2 rings (SSSR count). The van der Waals surface area contributed by atoms with Crippen molar-refractivity contribution in [3.05, 3.63) is 71.8 Å². The number of aliphatic carboxylic acids is 1. The summed E-state index contributed by atoms with van der Waals surface area (Å²) in [5.74, 6) is -3.16. The number of nitrogens with one attached hydrogen (secondary N) is 1. The average molecular weight is 434 g/mol. The van der Waals surface area contributed by atoms with Gasteiger partial charge in [-0.05, 0) is 31.4 Å². The second kappa shape index (κ2) is 10.2. The minimum atomic E-state index is -3.77. The fraction of sp³-hybridized carbons (Fsp3) is 0.364. The molecule has 7 nitrogen and oxygen atoms in total. The Morgan fingerprint density at radius 1 is 1.00 bits per heavy atom. The number of carboxylic acid groups (broad SMARTS) is 1. The number of hydrogen-bond acceptors (Lipinski definition) is 5. The maximum atomic E-state index is 12.7. The first-order valence-electron chi connectivity index (χ1n) is 9.52. The van der Waals surface area contributed by atoms with E-state index in [9.17, 15) is 23.1 Å². The smallest absolute Gasteiger partial charge is 0.407 e. The number of benzene rings is 2. The Labute approximate surface area is 177 Å². The van der Waals surface area contributed by atoms with E-state index in [1.807, 2.05) is 30.3 Å². The van der Waals surface area contributed by atoms with Gasteiger partial charge in [0.05, 0.1) is 23.0 Å². The molecule has 0 aromatic heterocycles. The van der Waals surface area contributed by atoms with E-state index in [1.165, 1.54) is 0 Å². The van der Waals surface area contributed by atoms with Gasteiger partial charge in [-0.1, -0.05) is 60.7 Å². The molecule has 0 spiro atoms. The van der Waals surface area contributed by atoms with Crippen LogP contribution in [-0.4, -0.2) is 42.6 Å². The zero-order valence-electron chi connectivity index (χ0n) is 17.1. The van der Waals surface area contributed by atoms with E-state index in [4.69, 9.17) is 4.74 Å². The van der Waals surface area contributed by atoms with Gasteiger partial charge in [0, 0.05) is 0 Å². The normalized spacial score (nSPS) is 12.7. The van der Waals surface area contributed by atoms with Gasteiger partial charge in [0.1, 0.15) is 6.61 Å². The first-order valence-corrected chi connectivity index (χ1v) is 11.3. The molecule has 2 aromatic rings. The van der Waals surface area contributed by atoms with Crippen molar-refractivity contribution in [2.24, 2.45) is 5.92 Å². The van der Waals surface area contributed by atoms with Gasteiger partial charge in [-0.25, -0.2) is 13.2 Å². The molecule has 0 radical (unpaired) electrons. The van der Waals surface area contributed by atoms with Gasteiger partial charge in [-0.15, -0.1) is 0 Å². The molecule has 0 unspecified atom stereocenters. The molecule has 2 N–H and O–H groups in total. The van der Waals surface area contributed by atoms with E-state index in [-0.39, 0.29) is 13.0 Å². The molecule has 0 aliphatic heterocycles. The van der Waals surface area contributed by atoms with Crippen molar-refractivity contribution in [1.82, 2.24) is 5.32 Å². The van der Waals surface area contributed by atoms with Crippen LogP contribution in [0.3, 0.4) is 0 Å². The van der Waals surface area contributed by atoms with E-state index in [2.05, 4.69) is 5.32 Å². The Kier molecular flexibility index (Phi) is 8.00. The van der Waals surface area contributed by atoms with E-state index >= 15 is 0 Å². The van der Waals surface area contributed by atoms with Crippen LogP contribution in [0.15, 0.2) is 60.7 Å². The SMILES string of the molecule is CC(C)(CS(=O)(=O)C[C@@H](Cc1ccccc1)C(=O)O)NC(=O)OCc1ccccc1. The summed E-state index contributed by atoms with van der Waals surface area (Å²) in [6.45, 7) is 3.18. The molecule has 0 aliphatic rings. The number of carbonyl (C=O) groups is 2. The topological polar surface area (TPSA) is 110 Å². The highest BCUT2D eigenvalue weighted by Crippen LogP contribution is 2.16. The summed E-state index contributed by atoms with van der Waals surface area (Å²) in [6.07, 6.45) is -0.624. The highest BCUT2D eigenvalue weighted by Gasteiger charge is 2.32. The largest absolute Gasteiger partial charge is 0.481 e. The van der Waals surface area contributed by atoms with Gasteiger partial charge in [0.15, 0.2) is 9.84 Å². The number of alkyl carbamates (subject to hydrolysis) is 1. The molecule has 162 valence electrons. The lowest BCUT2D eigenvalue weighted by atomic mass is 10.0. The standard InChI is InChI=1S/C22H27NO6S/c1-22(2,23-21(26)29-14-18-11-7-4-8-12-18)16-30(27,28)15-19(20(24)25)13-17-9-5-3-6-10-17/h3-12,19H,13-16H2,1-2H3,(H,23,26)(H,24,25)/t19-/m1/s1. The summed E-state index contributed by atoms with van der Waals surface area (Å²) in [4.78, 5) is 23.7. The zero-order valence-corrected chi connectivity index (χ0v) is 17.9. The Morgan fingerprint density at radius 3 is 2.07 bits per heavy atom. The minimum Gasteiger partial charge on any atom is -0.481 e. The summed E-state index contributed by atoms with van der Waals surface area (Å²) >= 11 is 0. The molecule has 0 bridgehead atoms. The van der Waals surface area contributed by atoms with Crippen molar-refractivity contribution in [3.8, 4) is 0 Å². The van der Waals surface area contributed by atoms with E-state index in [0.717, 1.165) is 11.1 Å². The Morgan fingerprint density at radius 2 is 1.53 bits per heavy atom. The Hall–Kier alpha value is -2.87. The van der Waals surface area contributed by atoms with Crippen molar-refractivity contribution in [1.29, 1.82) is 0 Å². The van der Waals surface area contributed by atoms with Gasteiger partial charge < -0.3 is 15.2 Å². The third-order valence-electron chi connectivity index (χ3n) is 4.36. The molecule has 0 saturated carbocycles. The first kappa shape index (κ1) is 23.4. The van der Waals surface area contributed by atoms with Gasteiger partial charge >= 0.3 is 12.1 Å². The van der Waals surface area contributed by atoms with Crippen LogP contribution in [-0.2, 0) is 32.4 Å². The number of rotatable bonds is 10. The lowest BCUT2D eigenvalue weighted by molar-refractivity contribution is -0.140. The third kappa shape index (κ3) is 8.24. The fourth-order valence-corrected chi connectivity index (χ4v) is 5.27. The van der Waals surface area contributed by atoms with Gasteiger partial charge in [-0.3, -0.25) is 4.79 Å². The van der Waals surface area contributed by atoms with Gasteiger partial charge in [0.2, 0.25) is 0 Å². The van der Waals surface area contributed by atoms with Crippen molar-refractivity contribution in [2.75, 3.05) is 11.5 Å². The van der Waals surface area contributed by atoms with E-state index in [0.29, 0.717) is 0 Å². The number of ether oxygens (including phenoxy) is 1. The lowest BCUT2D eigenvalue weighted by Crippen LogP contribution is -2.49. The highest BCUT2D eigenvalue weighted by molar-refractivity contribution is 7.91. The molecule has 2 aromatic carbocycles. The Balaban J connectivity index is 1.93. The molecule has 0 fully saturated rings. The quantitative estimate of drug-likeness (QED) is 0.596. The molecular weight excluding hydrogens is 406 g/mol. The van der Waals surface area contributed by atoms with Crippen LogP contribution in [0.4, 0.5) is 4.79 Å². The molecule has 0 aliphatic carbocycles. The third-order valence-corrected chi connectivity index (χ3v) is 6.43. The van der Waals surface area contributed by atoms with Crippen LogP contribution in [0.25, 0.3) is 0 Å². The number of hydrogen-bond donors (Lipinski definition) is 2. The van der Waals surface area contributed by atoms with Crippen LogP contribution in [0.5, 0.6) is 0 Å². The number of amides is 1. The number of sulfone groups is 1. The van der Waals surface area contributed by atoms with Crippen molar-refractivity contribution in [2.45, 2.75) is 32.4 Å². The molecule has 8 heteroatoms. The maximum absolute atomic E-state index is 12.7. The molecule has 0 saturated heterocycles. The summed E-state index contributed by atoms with van der Waals surface area (Å²) in [5.41, 5.74) is 0.438. The molecule has 1 atom stereocenters. The van der Waals surface area contributed by atoms with E-state index < -0.39 is 44.9 Å². The van der Waals surface area contributed by atoms with E-state index in [1.54, 1.807) is 44.2 Å². The monoisotopic (exact) mass is 433 g/mol. The van der Waals surface area contributed by atoms with Gasteiger partial charge in [0.25, 0.3) is 0 Å². The van der Waals surface area contributed by atoms with Crippen molar-refractivity contribution < 1.29 is 27.9 Å². The molecule has 1 amide bonds. The number of carboxylic acids is 1. The van der Waals surface area contributed by atoms with Gasteiger partial charge in [-0.2, -0.15) is 0 Å². The average Bonchev–Trinajstić information content (AvgIpc) is 2.66. The number of carbonyl (C=O) groups excluding carboxylic acids is 1. The second-order valence-corrected chi connectivity index (χ2v) is 9.96. The molecule has 30 heavy (non-hydrogen) atoms. The molecular formula is C22H27NO6S. The van der Waals surface area contributed by atoms with Crippen LogP contribution in [0.1, 0.15) is 25.0 Å². The first-order chi connectivity index (χ1) is 14.1. The summed E-state index contributed by atoms with van der Waals surface area (Å²) in [5, 5.41) is 12.0.